The van der Waals surface area contributed by atoms with Gasteiger partial charge in [-0.1, -0.05) is 12.1 Å². The van der Waals surface area contributed by atoms with E-state index in [1.807, 2.05) is 26.0 Å². The number of nitrogens with one attached hydrogen (secondary N) is 2. The Morgan fingerprint density at radius 2 is 1.83 bits per heavy atom. The minimum absolute atomic E-state index is 0.0125. The predicted octanol–water partition coefficient (Wildman–Crippen LogP) is 3.31. The van der Waals surface area contributed by atoms with Gasteiger partial charge in [0.2, 0.25) is 5.91 Å². The highest BCUT2D eigenvalue weighted by atomic mass is 32.1. The lowest BCUT2D eigenvalue weighted by molar-refractivity contribution is -0.117. The Morgan fingerprint density at radius 1 is 1.13 bits per heavy atom. The van der Waals surface area contributed by atoms with Crippen LogP contribution < -0.4 is 10.6 Å². The fourth-order valence-corrected chi connectivity index (χ4v) is 2.96. The number of benzene rings is 1. The van der Waals surface area contributed by atoms with Gasteiger partial charge in [-0.3, -0.25) is 9.59 Å². The van der Waals surface area contributed by atoms with E-state index in [0.29, 0.717) is 5.56 Å². The molecular weight excluding hydrogens is 308 g/mol. The zero-order valence-corrected chi connectivity index (χ0v) is 14.2. The number of hydrogen-bond donors (Lipinski definition) is 2. The molecule has 0 radical (unpaired) electrons. The van der Waals surface area contributed by atoms with E-state index in [9.17, 15) is 9.59 Å². The molecule has 0 fully saturated rings. The molecule has 0 spiro atoms. The summed E-state index contributed by atoms with van der Waals surface area (Å²) < 4.78 is 0. The highest BCUT2D eigenvalue weighted by Gasteiger charge is 2.09. The Hall–Kier alpha value is -2.40. The first kappa shape index (κ1) is 17.0. The normalized spacial score (nSPS) is 12.1. The molecule has 1 aromatic carbocycles. The second-order valence-corrected chi connectivity index (χ2v) is 6.53. The highest BCUT2D eigenvalue weighted by Crippen LogP contribution is 2.22. The van der Waals surface area contributed by atoms with Crippen LogP contribution in [0.5, 0.6) is 0 Å². The van der Waals surface area contributed by atoms with Crippen LogP contribution >= 0.6 is 11.3 Å². The predicted molar refractivity (Wildman–Crippen MR) is 94.5 cm³/mol. The standard InChI is InChI=1S/C18H20N2O2S/c1-12-4-10-16(23-12)13(2)20-17(21)11-7-14-5-8-15(9-6-14)18(22)19-3/h4-11,13H,1-3H3,(H,19,22)(H,20,21)/b11-7+. The fraction of sp³-hybridized carbons (Fsp3) is 0.222. The van der Waals surface area contributed by atoms with Crippen LogP contribution in [0.2, 0.25) is 0 Å². The van der Waals surface area contributed by atoms with E-state index >= 15 is 0 Å². The van der Waals surface area contributed by atoms with E-state index in [4.69, 9.17) is 0 Å². The molecule has 120 valence electrons. The molecule has 0 saturated carbocycles. The van der Waals surface area contributed by atoms with E-state index in [1.54, 1.807) is 48.7 Å². The van der Waals surface area contributed by atoms with Crippen LogP contribution in [0.25, 0.3) is 6.08 Å². The maximum Gasteiger partial charge on any atom is 0.251 e. The molecule has 0 aliphatic heterocycles. The van der Waals surface area contributed by atoms with E-state index in [1.165, 1.54) is 11.0 Å². The molecule has 1 unspecified atom stereocenters. The summed E-state index contributed by atoms with van der Waals surface area (Å²) >= 11 is 1.68. The Morgan fingerprint density at radius 3 is 2.39 bits per heavy atom. The van der Waals surface area contributed by atoms with Gasteiger partial charge in [-0.25, -0.2) is 0 Å². The third-order valence-electron chi connectivity index (χ3n) is 3.37. The topological polar surface area (TPSA) is 58.2 Å². The molecule has 2 amide bonds. The molecule has 0 aliphatic rings. The van der Waals surface area contributed by atoms with Crippen molar-refractivity contribution < 1.29 is 9.59 Å². The summed E-state index contributed by atoms with van der Waals surface area (Å²) in [5.74, 6) is -0.266. The fourth-order valence-electron chi connectivity index (χ4n) is 2.08. The van der Waals surface area contributed by atoms with E-state index < -0.39 is 0 Å². The molecule has 1 heterocycles. The zero-order valence-electron chi connectivity index (χ0n) is 13.4. The molecule has 1 atom stereocenters. The second kappa shape index (κ2) is 7.74. The summed E-state index contributed by atoms with van der Waals surface area (Å²) in [4.78, 5) is 25.8. The van der Waals surface area contributed by atoms with Crippen molar-refractivity contribution in [2.45, 2.75) is 19.9 Å². The lowest BCUT2D eigenvalue weighted by atomic mass is 10.1. The molecule has 2 aromatic rings. The maximum atomic E-state index is 12.0. The van der Waals surface area contributed by atoms with Gasteiger partial charge in [0, 0.05) is 28.4 Å². The molecule has 2 N–H and O–H groups in total. The number of carbonyl (C=O) groups is 2. The monoisotopic (exact) mass is 328 g/mol. The number of amides is 2. The smallest absolute Gasteiger partial charge is 0.251 e. The van der Waals surface area contributed by atoms with Crippen molar-refractivity contribution in [1.29, 1.82) is 0 Å². The van der Waals surface area contributed by atoms with Crippen LogP contribution in [-0.4, -0.2) is 18.9 Å². The highest BCUT2D eigenvalue weighted by molar-refractivity contribution is 7.12. The molecule has 4 nitrogen and oxygen atoms in total. The third kappa shape index (κ3) is 4.79. The molecule has 1 aromatic heterocycles. The van der Waals surface area contributed by atoms with Crippen molar-refractivity contribution in [3.8, 4) is 0 Å². The van der Waals surface area contributed by atoms with Crippen molar-refractivity contribution in [3.63, 3.8) is 0 Å². The van der Waals surface area contributed by atoms with Gasteiger partial charge < -0.3 is 10.6 Å². The van der Waals surface area contributed by atoms with Gasteiger partial charge in [-0.05, 0) is 49.8 Å². The largest absolute Gasteiger partial charge is 0.355 e. The lowest BCUT2D eigenvalue weighted by Crippen LogP contribution is -2.23. The van der Waals surface area contributed by atoms with Gasteiger partial charge in [0.25, 0.3) is 5.91 Å². The molecule has 0 saturated heterocycles. The van der Waals surface area contributed by atoms with Gasteiger partial charge in [0.1, 0.15) is 0 Å². The van der Waals surface area contributed by atoms with Gasteiger partial charge in [0.05, 0.1) is 6.04 Å². The SMILES string of the molecule is CNC(=O)c1ccc(/C=C/C(=O)NC(C)c2ccc(C)s2)cc1. The van der Waals surface area contributed by atoms with Crippen LogP contribution in [-0.2, 0) is 4.79 Å². The van der Waals surface area contributed by atoms with Crippen molar-refractivity contribution in [2.24, 2.45) is 0 Å². The van der Waals surface area contributed by atoms with E-state index in [0.717, 1.165) is 10.4 Å². The van der Waals surface area contributed by atoms with Crippen molar-refractivity contribution in [2.75, 3.05) is 7.05 Å². The van der Waals surface area contributed by atoms with Gasteiger partial charge in [-0.15, -0.1) is 11.3 Å². The van der Waals surface area contributed by atoms with Crippen molar-refractivity contribution >= 4 is 29.2 Å². The first-order valence-electron chi connectivity index (χ1n) is 7.36. The van der Waals surface area contributed by atoms with Gasteiger partial charge in [-0.2, -0.15) is 0 Å². The number of rotatable bonds is 5. The summed E-state index contributed by atoms with van der Waals surface area (Å²) in [7, 11) is 1.59. The maximum absolute atomic E-state index is 12.0. The van der Waals surface area contributed by atoms with Crippen LogP contribution in [0, 0.1) is 6.92 Å². The summed E-state index contributed by atoms with van der Waals surface area (Å²) in [5, 5.41) is 5.51. The van der Waals surface area contributed by atoms with E-state index in [-0.39, 0.29) is 17.9 Å². The average molecular weight is 328 g/mol. The number of thiophene rings is 1. The van der Waals surface area contributed by atoms with Crippen LogP contribution in [0.4, 0.5) is 0 Å². The number of hydrogen-bond acceptors (Lipinski definition) is 3. The van der Waals surface area contributed by atoms with Crippen molar-refractivity contribution in [3.05, 3.63) is 63.4 Å². The average Bonchev–Trinajstić information content (AvgIpc) is 2.99. The molecular formula is C18H20N2O2S. The molecule has 5 heteroatoms. The summed E-state index contributed by atoms with van der Waals surface area (Å²) in [5.41, 5.74) is 1.46. The first-order chi connectivity index (χ1) is 11.0. The summed E-state index contributed by atoms with van der Waals surface area (Å²) in [6, 6.07) is 11.1. The first-order valence-corrected chi connectivity index (χ1v) is 8.18. The van der Waals surface area contributed by atoms with Crippen LogP contribution in [0.1, 0.15) is 38.6 Å². The summed E-state index contributed by atoms with van der Waals surface area (Å²) in [6.07, 6.45) is 3.24. The number of aryl methyl sites for hydroxylation is 1. The Balaban J connectivity index is 1.94. The molecule has 23 heavy (non-hydrogen) atoms. The minimum Gasteiger partial charge on any atom is -0.355 e. The second-order valence-electron chi connectivity index (χ2n) is 5.21. The van der Waals surface area contributed by atoms with E-state index in [2.05, 4.69) is 10.6 Å². The number of carbonyl (C=O) groups excluding carboxylic acids is 2. The third-order valence-corrected chi connectivity index (χ3v) is 4.56. The molecule has 0 bridgehead atoms. The molecule has 2 rings (SSSR count). The van der Waals surface area contributed by atoms with Crippen LogP contribution in [0.3, 0.4) is 0 Å². The summed E-state index contributed by atoms with van der Waals surface area (Å²) in [6.45, 7) is 4.01. The quantitative estimate of drug-likeness (QED) is 0.827. The molecule has 0 aliphatic carbocycles. The lowest BCUT2D eigenvalue weighted by Gasteiger charge is -2.10. The Labute approximate surface area is 140 Å². The van der Waals surface area contributed by atoms with Gasteiger partial charge >= 0.3 is 0 Å². The van der Waals surface area contributed by atoms with Gasteiger partial charge in [0.15, 0.2) is 0 Å². The Kier molecular flexibility index (Phi) is 5.71. The Bertz CT molecular complexity index is 717. The van der Waals surface area contributed by atoms with Crippen LogP contribution in [0.15, 0.2) is 42.5 Å². The van der Waals surface area contributed by atoms with Crippen molar-refractivity contribution in [1.82, 2.24) is 10.6 Å². The zero-order chi connectivity index (χ0) is 16.8. The minimum atomic E-state index is -0.140.